The van der Waals surface area contributed by atoms with Gasteiger partial charge in [-0.05, 0) is 18.6 Å². The van der Waals surface area contributed by atoms with Gasteiger partial charge in [-0.1, -0.05) is 18.2 Å². The van der Waals surface area contributed by atoms with Crippen molar-refractivity contribution in [1.29, 1.82) is 0 Å². The Kier molecular flexibility index (Phi) is 4.95. The van der Waals surface area contributed by atoms with E-state index in [0.717, 1.165) is 0 Å². The molecule has 1 saturated heterocycles. The molecule has 0 radical (unpaired) electrons. The summed E-state index contributed by atoms with van der Waals surface area (Å²) in [6.07, 6.45) is 1.12. The van der Waals surface area contributed by atoms with Crippen molar-refractivity contribution >= 4 is 22.2 Å². The topological polar surface area (TPSA) is 83.6 Å². The molecule has 0 spiro atoms. The molecule has 1 aliphatic heterocycles. The van der Waals surface area contributed by atoms with E-state index in [-0.39, 0.29) is 23.5 Å². The predicted molar refractivity (Wildman–Crippen MR) is 78.6 cm³/mol. The van der Waals surface area contributed by atoms with E-state index >= 15 is 0 Å². The lowest BCUT2D eigenvalue weighted by Gasteiger charge is -2.23. The van der Waals surface area contributed by atoms with Crippen LogP contribution in [0.1, 0.15) is 16.8 Å². The van der Waals surface area contributed by atoms with Crippen LogP contribution in [0.15, 0.2) is 30.3 Å². The molecule has 2 amide bonds. The van der Waals surface area contributed by atoms with Crippen molar-refractivity contribution in [3.8, 4) is 0 Å². The third-order valence-corrected chi connectivity index (χ3v) is 5.25. The SMILES string of the molecule is O=CN(CCNC(=O)c1ccccc1)[C@@H]1CCS(=O)(=O)C1. The number of hydrogen-bond acceptors (Lipinski definition) is 4. The van der Waals surface area contributed by atoms with Crippen LogP contribution in [0.2, 0.25) is 0 Å². The number of carbonyl (C=O) groups is 2. The zero-order chi connectivity index (χ0) is 15.3. The lowest BCUT2D eigenvalue weighted by atomic mass is 10.2. The van der Waals surface area contributed by atoms with Crippen LogP contribution in [0.25, 0.3) is 0 Å². The van der Waals surface area contributed by atoms with Gasteiger partial charge in [-0.3, -0.25) is 9.59 Å². The normalized spacial score (nSPS) is 19.9. The van der Waals surface area contributed by atoms with Gasteiger partial charge in [-0.25, -0.2) is 8.42 Å². The molecule has 0 saturated carbocycles. The first kappa shape index (κ1) is 15.5. The molecule has 0 bridgehead atoms. The number of carbonyl (C=O) groups excluding carboxylic acids is 2. The van der Waals surface area contributed by atoms with Gasteiger partial charge in [0, 0.05) is 24.7 Å². The van der Waals surface area contributed by atoms with Gasteiger partial charge in [0.1, 0.15) is 0 Å². The number of benzene rings is 1. The third kappa shape index (κ3) is 4.29. The molecule has 0 aliphatic carbocycles. The Hall–Kier alpha value is -1.89. The van der Waals surface area contributed by atoms with E-state index in [1.807, 2.05) is 6.07 Å². The highest BCUT2D eigenvalue weighted by atomic mass is 32.2. The van der Waals surface area contributed by atoms with Gasteiger partial charge in [0.25, 0.3) is 5.91 Å². The van der Waals surface area contributed by atoms with Crippen molar-refractivity contribution in [3.63, 3.8) is 0 Å². The summed E-state index contributed by atoms with van der Waals surface area (Å²) in [5.41, 5.74) is 0.554. The monoisotopic (exact) mass is 310 g/mol. The number of amides is 2. The summed E-state index contributed by atoms with van der Waals surface area (Å²) in [7, 11) is -3.02. The molecule has 6 nitrogen and oxygen atoms in total. The van der Waals surface area contributed by atoms with Crippen LogP contribution in [0.3, 0.4) is 0 Å². The van der Waals surface area contributed by atoms with E-state index < -0.39 is 9.84 Å². The Balaban J connectivity index is 1.82. The van der Waals surface area contributed by atoms with Crippen LogP contribution in [-0.4, -0.2) is 56.3 Å². The second-order valence-corrected chi connectivity index (χ2v) is 7.25. The second kappa shape index (κ2) is 6.71. The minimum absolute atomic E-state index is 0.0123. The molecule has 1 aromatic carbocycles. The van der Waals surface area contributed by atoms with Crippen LogP contribution in [-0.2, 0) is 14.6 Å². The molecule has 1 fully saturated rings. The summed E-state index contributed by atoms with van der Waals surface area (Å²) in [5.74, 6) is -0.0722. The Bertz CT molecular complexity index is 601. The summed E-state index contributed by atoms with van der Waals surface area (Å²) in [6.45, 7) is 0.602. The maximum atomic E-state index is 11.8. The van der Waals surface area contributed by atoms with Crippen molar-refractivity contribution in [2.75, 3.05) is 24.6 Å². The zero-order valence-electron chi connectivity index (χ0n) is 11.6. The highest BCUT2D eigenvalue weighted by Crippen LogP contribution is 2.16. The van der Waals surface area contributed by atoms with Crippen LogP contribution >= 0.6 is 0 Å². The molecule has 0 aromatic heterocycles. The maximum absolute atomic E-state index is 11.8. The second-order valence-electron chi connectivity index (χ2n) is 5.02. The maximum Gasteiger partial charge on any atom is 0.251 e. The molecular weight excluding hydrogens is 292 g/mol. The van der Waals surface area contributed by atoms with Crippen LogP contribution in [0.5, 0.6) is 0 Å². The number of nitrogens with zero attached hydrogens (tertiary/aromatic N) is 1. The van der Waals surface area contributed by atoms with Gasteiger partial charge >= 0.3 is 0 Å². The van der Waals surface area contributed by atoms with Gasteiger partial charge < -0.3 is 10.2 Å². The minimum Gasteiger partial charge on any atom is -0.350 e. The summed E-state index contributed by atoms with van der Waals surface area (Å²) in [6, 6.07) is 8.51. The highest BCUT2D eigenvalue weighted by Gasteiger charge is 2.31. The van der Waals surface area contributed by atoms with Gasteiger partial charge in [-0.15, -0.1) is 0 Å². The molecule has 1 aromatic rings. The van der Waals surface area contributed by atoms with Gasteiger partial charge in [0.05, 0.1) is 11.5 Å². The van der Waals surface area contributed by atoms with E-state index in [4.69, 9.17) is 0 Å². The summed E-state index contributed by atoms with van der Waals surface area (Å²) in [5, 5.41) is 2.72. The molecule has 1 N–H and O–H groups in total. The molecule has 1 aliphatic rings. The molecule has 21 heavy (non-hydrogen) atoms. The summed E-state index contributed by atoms with van der Waals surface area (Å²) in [4.78, 5) is 24.3. The Morgan fingerprint density at radius 3 is 2.62 bits per heavy atom. The Labute approximate surface area is 124 Å². The number of sulfone groups is 1. The van der Waals surface area contributed by atoms with Crippen LogP contribution in [0.4, 0.5) is 0 Å². The largest absolute Gasteiger partial charge is 0.350 e. The van der Waals surface area contributed by atoms with Gasteiger partial charge in [0.2, 0.25) is 6.41 Å². The van der Waals surface area contributed by atoms with Crippen molar-refractivity contribution < 1.29 is 18.0 Å². The molecule has 0 unspecified atom stereocenters. The van der Waals surface area contributed by atoms with Crippen molar-refractivity contribution in [2.24, 2.45) is 0 Å². The fraction of sp³-hybridized carbons (Fsp3) is 0.429. The number of rotatable bonds is 6. The minimum atomic E-state index is -3.02. The summed E-state index contributed by atoms with van der Waals surface area (Å²) >= 11 is 0. The summed E-state index contributed by atoms with van der Waals surface area (Å²) < 4.78 is 22.8. The first-order valence-electron chi connectivity index (χ1n) is 6.76. The fourth-order valence-corrected chi connectivity index (χ4v) is 4.09. The average molecular weight is 310 g/mol. The van der Waals surface area contributed by atoms with E-state index in [1.165, 1.54) is 4.90 Å². The smallest absolute Gasteiger partial charge is 0.251 e. The standard InChI is InChI=1S/C14H18N2O4S/c17-11-16(13-6-9-21(19,20)10-13)8-7-15-14(18)12-4-2-1-3-5-12/h1-5,11,13H,6-10H2,(H,15,18)/t13-/m1/s1. The Morgan fingerprint density at radius 2 is 2.05 bits per heavy atom. The van der Waals surface area contributed by atoms with Crippen molar-refractivity contribution in [2.45, 2.75) is 12.5 Å². The molecule has 1 atom stereocenters. The molecule has 114 valence electrons. The van der Waals surface area contributed by atoms with E-state index in [0.29, 0.717) is 31.5 Å². The van der Waals surface area contributed by atoms with Crippen molar-refractivity contribution in [1.82, 2.24) is 10.2 Å². The lowest BCUT2D eigenvalue weighted by molar-refractivity contribution is -0.119. The quantitative estimate of drug-likeness (QED) is 0.753. The van der Waals surface area contributed by atoms with Gasteiger partial charge in [-0.2, -0.15) is 0 Å². The predicted octanol–water partition coefficient (Wildman–Crippen LogP) is 0.0619. The number of nitrogens with one attached hydrogen (secondary N) is 1. The molecular formula is C14H18N2O4S. The first-order valence-corrected chi connectivity index (χ1v) is 8.59. The van der Waals surface area contributed by atoms with Gasteiger partial charge in [0.15, 0.2) is 9.84 Å². The molecule has 7 heteroatoms. The lowest BCUT2D eigenvalue weighted by Crippen LogP contribution is -2.40. The van der Waals surface area contributed by atoms with E-state index in [1.54, 1.807) is 24.3 Å². The molecule has 2 rings (SSSR count). The van der Waals surface area contributed by atoms with Crippen LogP contribution in [0, 0.1) is 0 Å². The average Bonchev–Trinajstić information content (AvgIpc) is 2.84. The van der Waals surface area contributed by atoms with E-state index in [2.05, 4.69) is 5.32 Å². The highest BCUT2D eigenvalue weighted by molar-refractivity contribution is 7.91. The number of hydrogen-bond donors (Lipinski definition) is 1. The third-order valence-electron chi connectivity index (χ3n) is 3.50. The molecule has 1 heterocycles. The first-order chi connectivity index (χ1) is 10.0. The zero-order valence-corrected chi connectivity index (χ0v) is 12.4. The fourth-order valence-electron chi connectivity index (χ4n) is 2.35. The van der Waals surface area contributed by atoms with Crippen LogP contribution < -0.4 is 5.32 Å². The Morgan fingerprint density at radius 1 is 1.33 bits per heavy atom. The van der Waals surface area contributed by atoms with E-state index in [9.17, 15) is 18.0 Å². The van der Waals surface area contributed by atoms with Crippen molar-refractivity contribution in [3.05, 3.63) is 35.9 Å².